The summed E-state index contributed by atoms with van der Waals surface area (Å²) >= 11 is 6.26. The molecule has 4 nitrogen and oxygen atoms in total. The SMILES string of the molecule is CC(=O)c1ccc2c(c1)C(c1ccccc1Cl)=NCC(=O)N2. The number of fused-ring (bicyclic) bond motifs is 1. The molecule has 0 saturated carbocycles. The van der Waals surface area contributed by atoms with Gasteiger partial charge in [0.1, 0.15) is 6.54 Å². The molecule has 0 atom stereocenters. The van der Waals surface area contributed by atoms with E-state index in [4.69, 9.17) is 11.6 Å². The Kier molecular flexibility index (Phi) is 3.77. The van der Waals surface area contributed by atoms with E-state index in [1.54, 1.807) is 24.3 Å². The quantitative estimate of drug-likeness (QED) is 0.865. The van der Waals surface area contributed by atoms with Gasteiger partial charge >= 0.3 is 0 Å². The number of anilines is 1. The van der Waals surface area contributed by atoms with Crippen LogP contribution in [0.15, 0.2) is 47.5 Å². The van der Waals surface area contributed by atoms with Crippen molar-refractivity contribution < 1.29 is 9.59 Å². The van der Waals surface area contributed by atoms with Crippen LogP contribution in [0.25, 0.3) is 0 Å². The van der Waals surface area contributed by atoms with Crippen LogP contribution in [0.1, 0.15) is 28.4 Å². The smallest absolute Gasteiger partial charge is 0.246 e. The van der Waals surface area contributed by atoms with Gasteiger partial charge in [-0.05, 0) is 31.2 Å². The maximum Gasteiger partial charge on any atom is 0.246 e. The minimum absolute atomic E-state index is 0.0185. The van der Waals surface area contributed by atoms with Crippen molar-refractivity contribution in [2.75, 3.05) is 11.9 Å². The summed E-state index contributed by atoms with van der Waals surface area (Å²) in [4.78, 5) is 27.8. The molecular weight excluding hydrogens is 300 g/mol. The highest BCUT2D eigenvalue weighted by atomic mass is 35.5. The molecule has 0 spiro atoms. The molecule has 5 heteroatoms. The number of nitrogens with zero attached hydrogens (tertiary/aromatic N) is 1. The van der Waals surface area contributed by atoms with Gasteiger partial charge in [-0.3, -0.25) is 14.6 Å². The summed E-state index contributed by atoms with van der Waals surface area (Å²) in [7, 11) is 0. The molecule has 2 aromatic rings. The summed E-state index contributed by atoms with van der Waals surface area (Å²) in [5.41, 5.74) is 3.25. The van der Waals surface area contributed by atoms with Crippen LogP contribution in [-0.2, 0) is 4.79 Å². The number of rotatable bonds is 2. The standard InChI is InChI=1S/C17H13ClN2O2/c1-10(21)11-6-7-15-13(8-11)17(19-9-16(22)20-15)12-4-2-3-5-14(12)18/h2-8H,9H2,1H3,(H,20,22). The second kappa shape index (κ2) is 5.73. The van der Waals surface area contributed by atoms with Crippen molar-refractivity contribution in [3.63, 3.8) is 0 Å². The number of hydrogen-bond donors (Lipinski definition) is 1. The van der Waals surface area contributed by atoms with Crippen LogP contribution in [-0.4, -0.2) is 23.9 Å². The highest BCUT2D eigenvalue weighted by molar-refractivity contribution is 6.36. The Morgan fingerprint density at radius 1 is 1.18 bits per heavy atom. The van der Waals surface area contributed by atoms with Gasteiger partial charge < -0.3 is 5.32 Å². The lowest BCUT2D eigenvalue weighted by molar-refractivity contribution is -0.114. The van der Waals surface area contributed by atoms with E-state index in [9.17, 15) is 9.59 Å². The van der Waals surface area contributed by atoms with Crippen LogP contribution in [0.5, 0.6) is 0 Å². The summed E-state index contributed by atoms with van der Waals surface area (Å²) in [6, 6.07) is 12.5. The molecule has 3 rings (SSSR count). The maximum atomic E-state index is 11.8. The van der Waals surface area contributed by atoms with E-state index in [1.165, 1.54) is 6.92 Å². The van der Waals surface area contributed by atoms with Crippen molar-refractivity contribution in [1.29, 1.82) is 0 Å². The number of ketones is 1. The zero-order chi connectivity index (χ0) is 15.7. The highest BCUT2D eigenvalue weighted by Crippen LogP contribution is 2.27. The molecule has 0 fully saturated rings. The Balaban J connectivity index is 2.23. The van der Waals surface area contributed by atoms with Crippen LogP contribution in [0, 0.1) is 0 Å². The summed E-state index contributed by atoms with van der Waals surface area (Å²) in [5, 5.41) is 3.35. The molecule has 1 aliphatic heterocycles. The van der Waals surface area contributed by atoms with E-state index in [0.29, 0.717) is 27.5 Å². The third-order valence-electron chi connectivity index (χ3n) is 3.47. The van der Waals surface area contributed by atoms with Gasteiger partial charge in [0.2, 0.25) is 5.91 Å². The predicted octanol–water partition coefficient (Wildman–Crippen LogP) is 3.33. The summed E-state index contributed by atoms with van der Waals surface area (Å²) in [6.07, 6.45) is 0. The second-order valence-corrected chi connectivity index (χ2v) is 5.42. The van der Waals surface area contributed by atoms with Gasteiger partial charge in [-0.25, -0.2) is 0 Å². The lowest BCUT2D eigenvalue weighted by Gasteiger charge is -2.12. The first-order valence-corrected chi connectivity index (χ1v) is 7.18. The molecule has 0 radical (unpaired) electrons. The average Bonchev–Trinajstić information content (AvgIpc) is 2.65. The Morgan fingerprint density at radius 3 is 2.68 bits per heavy atom. The Morgan fingerprint density at radius 2 is 1.95 bits per heavy atom. The van der Waals surface area contributed by atoms with E-state index >= 15 is 0 Å². The lowest BCUT2D eigenvalue weighted by Crippen LogP contribution is -2.13. The average molecular weight is 313 g/mol. The molecule has 2 aromatic carbocycles. The zero-order valence-corrected chi connectivity index (χ0v) is 12.6. The molecule has 1 N–H and O–H groups in total. The van der Waals surface area contributed by atoms with Crippen LogP contribution >= 0.6 is 11.6 Å². The van der Waals surface area contributed by atoms with Crippen molar-refractivity contribution in [1.82, 2.24) is 0 Å². The molecule has 0 aromatic heterocycles. The molecule has 1 amide bonds. The van der Waals surface area contributed by atoms with Gasteiger partial charge in [0, 0.05) is 21.7 Å². The van der Waals surface area contributed by atoms with Crippen LogP contribution in [0.4, 0.5) is 5.69 Å². The predicted molar refractivity (Wildman–Crippen MR) is 87.0 cm³/mol. The first-order chi connectivity index (χ1) is 10.6. The molecule has 0 unspecified atom stereocenters. The summed E-state index contributed by atoms with van der Waals surface area (Å²) in [6.45, 7) is 1.52. The number of benzodiazepines with no additional fused rings is 1. The van der Waals surface area contributed by atoms with E-state index in [2.05, 4.69) is 10.3 Å². The van der Waals surface area contributed by atoms with Crippen molar-refractivity contribution in [2.45, 2.75) is 6.92 Å². The van der Waals surface area contributed by atoms with Crippen LogP contribution in [0.3, 0.4) is 0 Å². The van der Waals surface area contributed by atoms with Crippen LogP contribution < -0.4 is 5.32 Å². The molecule has 22 heavy (non-hydrogen) atoms. The first-order valence-electron chi connectivity index (χ1n) is 6.81. The van der Waals surface area contributed by atoms with E-state index in [1.807, 2.05) is 18.2 Å². The van der Waals surface area contributed by atoms with Gasteiger partial charge in [0.25, 0.3) is 0 Å². The minimum atomic E-state index is -0.195. The third kappa shape index (κ3) is 2.65. The van der Waals surface area contributed by atoms with E-state index in [0.717, 1.165) is 5.56 Å². The number of amides is 1. The number of halogens is 1. The number of aliphatic imine (C=N–C) groups is 1. The fourth-order valence-electron chi connectivity index (χ4n) is 2.38. The van der Waals surface area contributed by atoms with E-state index in [-0.39, 0.29) is 18.2 Å². The van der Waals surface area contributed by atoms with Crippen molar-refractivity contribution in [2.24, 2.45) is 4.99 Å². The van der Waals surface area contributed by atoms with Gasteiger partial charge in [-0.2, -0.15) is 0 Å². The first kappa shape index (κ1) is 14.5. The largest absolute Gasteiger partial charge is 0.324 e. The van der Waals surface area contributed by atoms with Gasteiger partial charge in [-0.1, -0.05) is 29.8 Å². The van der Waals surface area contributed by atoms with Crippen molar-refractivity contribution >= 4 is 34.7 Å². The zero-order valence-electron chi connectivity index (χ0n) is 11.9. The highest BCUT2D eigenvalue weighted by Gasteiger charge is 2.20. The lowest BCUT2D eigenvalue weighted by atomic mass is 9.97. The minimum Gasteiger partial charge on any atom is -0.324 e. The Hall–Kier alpha value is -2.46. The monoisotopic (exact) mass is 312 g/mol. The van der Waals surface area contributed by atoms with Crippen molar-refractivity contribution in [3.05, 3.63) is 64.2 Å². The number of carbonyl (C=O) groups excluding carboxylic acids is 2. The van der Waals surface area contributed by atoms with Crippen molar-refractivity contribution in [3.8, 4) is 0 Å². The molecule has 1 aliphatic rings. The van der Waals surface area contributed by atoms with Gasteiger partial charge in [-0.15, -0.1) is 0 Å². The third-order valence-corrected chi connectivity index (χ3v) is 3.79. The van der Waals surface area contributed by atoms with Gasteiger partial charge in [0.15, 0.2) is 5.78 Å². The summed E-state index contributed by atoms with van der Waals surface area (Å²) < 4.78 is 0. The Labute approximate surface area is 132 Å². The maximum absolute atomic E-state index is 11.8. The molecule has 0 bridgehead atoms. The Bertz CT molecular complexity index is 812. The second-order valence-electron chi connectivity index (χ2n) is 5.01. The molecule has 0 aliphatic carbocycles. The molecule has 1 heterocycles. The molecular formula is C17H13ClN2O2. The fourth-order valence-corrected chi connectivity index (χ4v) is 2.60. The van der Waals surface area contributed by atoms with Gasteiger partial charge in [0.05, 0.1) is 11.4 Å². The number of hydrogen-bond acceptors (Lipinski definition) is 3. The number of Topliss-reactive ketones (excluding diaryl/α,β-unsaturated/α-hetero) is 1. The van der Waals surface area contributed by atoms with E-state index < -0.39 is 0 Å². The normalized spacial score (nSPS) is 13.7. The number of benzene rings is 2. The topological polar surface area (TPSA) is 58.5 Å². The fraction of sp³-hybridized carbons (Fsp3) is 0.118. The molecule has 110 valence electrons. The molecule has 0 saturated heterocycles. The van der Waals surface area contributed by atoms with Crippen LogP contribution in [0.2, 0.25) is 5.02 Å². The summed E-state index contributed by atoms with van der Waals surface area (Å²) in [5.74, 6) is -0.240. The number of carbonyl (C=O) groups is 2. The number of nitrogens with one attached hydrogen (secondary N) is 1.